The van der Waals surface area contributed by atoms with E-state index in [1.54, 1.807) is 0 Å². The van der Waals surface area contributed by atoms with E-state index in [4.69, 9.17) is 15.9 Å². The lowest BCUT2D eigenvalue weighted by atomic mass is 10.0. The maximum Gasteiger partial charge on any atom is 0.327 e. The van der Waals surface area contributed by atoms with E-state index in [0.717, 1.165) is 5.56 Å². The lowest BCUT2D eigenvalue weighted by Gasteiger charge is -2.25. The molecule has 194 valence electrons. The fourth-order valence-electron chi connectivity index (χ4n) is 3.01. The Balaban J connectivity index is 2.93. The summed E-state index contributed by atoms with van der Waals surface area (Å²) in [4.78, 5) is 60.5. The number of carbonyl (C=O) groups excluding carboxylic acids is 3. The van der Waals surface area contributed by atoms with E-state index in [-0.39, 0.29) is 25.0 Å². The van der Waals surface area contributed by atoms with Crippen molar-refractivity contribution in [3.63, 3.8) is 0 Å². The quantitative estimate of drug-likeness (QED) is 0.141. The van der Waals surface area contributed by atoms with Gasteiger partial charge in [0.15, 0.2) is 0 Å². The molecule has 0 spiro atoms. The minimum atomic E-state index is -1.33. The van der Waals surface area contributed by atoms with Crippen LogP contribution in [0, 0.1) is 0 Å². The van der Waals surface area contributed by atoms with Gasteiger partial charge in [-0.05, 0) is 36.8 Å². The molecule has 7 N–H and O–H groups in total. The number of thioether (sulfide) groups is 1. The van der Waals surface area contributed by atoms with Gasteiger partial charge in [-0.3, -0.25) is 19.2 Å². The van der Waals surface area contributed by atoms with E-state index >= 15 is 0 Å². The van der Waals surface area contributed by atoms with Crippen LogP contribution < -0.4 is 21.7 Å². The van der Waals surface area contributed by atoms with Crippen molar-refractivity contribution in [3.8, 4) is 0 Å². The molecule has 4 atom stereocenters. The van der Waals surface area contributed by atoms with Gasteiger partial charge in [0.1, 0.15) is 18.1 Å². The predicted octanol–water partition coefficient (Wildman–Crippen LogP) is -0.357. The van der Waals surface area contributed by atoms with Gasteiger partial charge in [-0.2, -0.15) is 24.4 Å². The largest absolute Gasteiger partial charge is 0.481 e. The smallest absolute Gasteiger partial charge is 0.327 e. The van der Waals surface area contributed by atoms with Gasteiger partial charge in [0.05, 0.1) is 6.04 Å². The Hall–Kier alpha value is -2.77. The minimum Gasteiger partial charge on any atom is -0.481 e. The Morgan fingerprint density at radius 1 is 0.914 bits per heavy atom. The number of benzene rings is 1. The highest BCUT2D eigenvalue weighted by Gasteiger charge is 2.30. The van der Waals surface area contributed by atoms with Gasteiger partial charge in [0.25, 0.3) is 0 Å². The molecule has 13 heteroatoms. The highest BCUT2D eigenvalue weighted by molar-refractivity contribution is 7.98. The van der Waals surface area contributed by atoms with E-state index in [1.807, 2.05) is 36.6 Å². The molecular formula is C22H32N4O7S2. The first-order chi connectivity index (χ1) is 16.6. The molecule has 0 aliphatic heterocycles. The molecule has 0 saturated heterocycles. The summed E-state index contributed by atoms with van der Waals surface area (Å²) in [6.07, 6.45) is 1.60. The molecule has 4 unspecified atom stereocenters. The predicted molar refractivity (Wildman–Crippen MR) is 135 cm³/mol. The van der Waals surface area contributed by atoms with Crippen LogP contribution in [0.3, 0.4) is 0 Å². The average Bonchev–Trinajstić information content (AvgIpc) is 2.82. The Morgan fingerprint density at radius 3 is 1.97 bits per heavy atom. The number of aliphatic carboxylic acids is 2. The van der Waals surface area contributed by atoms with Gasteiger partial charge < -0.3 is 31.9 Å². The van der Waals surface area contributed by atoms with Crippen LogP contribution in [0.5, 0.6) is 0 Å². The standard InChI is InChI=1S/C22H32N4O7S2/c1-35-10-9-16(24-19(29)14(23)11-13-5-3-2-4-6-13)21(31)25-15(7-8-18(27)28)20(30)26-17(12-34)22(32)33/h2-6,14-17,34H,7-12,23H2,1H3,(H,24,29)(H,25,31)(H,26,30)(H,27,28)(H,32,33). The van der Waals surface area contributed by atoms with Crippen LogP contribution in [0.25, 0.3) is 0 Å². The van der Waals surface area contributed by atoms with Gasteiger partial charge in [0, 0.05) is 12.2 Å². The second kappa shape index (κ2) is 16.0. The summed E-state index contributed by atoms with van der Waals surface area (Å²) in [6, 6.07) is 4.53. The number of amides is 3. The van der Waals surface area contributed by atoms with E-state index in [0.29, 0.717) is 5.75 Å². The summed E-state index contributed by atoms with van der Waals surface area (Å²) in [5.74, 6) is -4.33. The number of rotatable bonds is 16. The Morgan fingerprint density at radius 2 is 1.46 bits per heavy atom. The third kappa shape index (κ3) is 11.5. The van der Waals surface area contributed by atoms with E-state index in [9.17, 15) is 24.0 Å². The van der Waals surface area contributed by atoms with Crippen molar-refractivity contribution in [2.24, 2.45) is 5.73 Å². The van der Waals surface area contributed by atoms with Crippen molar-refractivity contribution in [2.75, 3.05) is 17.8 Å². The fourth-order valence-corrected chi connectivity index (χ4v) is 3.73. The zero-order valence-corrected chi connectivity index (χ0v) is 21.0. The number of carbonyl (C=O) groups is 5. The Kier molecular flexibility index (Phi) is 13.8. The fraction of sp³-hybridized carbons (Fsp3) is 0.500. The summed E-state index contributed by atoms with van der Waals surface area (Å²) in [5, 5.41) is 25.4. The molecule has 0 heterocycles. The lowest BCUT2D eigenvalue weighted by molar-refractivity contribution is -0.142. The molecule has 3 amide bonds. The van der Waals surface area contributed by atoms with Crippen molar-refractivity contribution in [1.29, 1.82) is 0 Å². The molecule has 0 fully saturated rings. The van der Waals surface area contributed by atoms with Crippen LogP contribution in [0.1, 0.15) is 24.8 Å². The highest BCUT2D eigenvalue weighted by atomic mass is 32.2. The number of nitrogens with one attached hydrogen (secondary N) is 3. The third-order valence-electron chi connectivity index (χ3n) is 4.96. The number of hydrogen-bond donors (Lipinski definition) is 7. The zero-order valence-electron chi connectivity index (χ0n) is 19.3. The first kappa shape index (κ1) is 30.3. The maximum atomic E-state index is 13.0. The lowest BCUT2D eigenvalue weighted by Crippen LogP contribution is -2.57. The van der Waals surface area contributed by atoms with Gasteiger partial charge in [-0.25, -0.2) is 4.79 Å². The first-order valence-corrected chi connectivity index (χ1v) is 12.9. The SMILES string of the molecule is CSCCC(NC(=O)C(N)Cc1ccccc1)C(=O)NC(CCC(=O)O)C(=O)NC(CS)C(=O)O. The average molecular weight is 529 g/mol. The molecular weight excluding hydrogens is 496 g/mol. The summed E-state index contributed by atoms with van der Waals surface area (Å²) < 4.78 is 0. The molecule has 0 bridgehead atoms. The Labute approximate surface area is 213 Å². The van der Waals surface area contributed by atoms with Crippen LogP contribution >= 0.6 is 24.4 Å². The molecule has 0 radical (unpaired) electrons. The number of hydrogen-bond acceptors (Lipinski definition) is 8. The molecule has 1 aromatic carbocycles. The first-order valence-electron chi connectivity index (χ1n) is 10.8. The zero-order chi connectivity index (χ0) is 26.4. The van der Waals surface area contributed by atoms with Crippen LogP contribution in [-0.4, -0.2) is 81.8 Å². The van der Waals surface area contributed by atoms with Crippen molar-refractivity contribution in [3.05, 3.63) is 35.9 Å². The molecule has 0 aromatic heterocycles. The molecule has 0 saturated carbocycles. The third-order valence-corrected chi connectivity index (χ3v) is 5.96. The molecule has 35 heavy (non-hydrogen) atoms. The van der Waals surface area contributed by atoms with Gasteiger partial charge >= 0.3 is 11.9 Å². The van der Waals surface area contributed by atoms with E-state index < -0.39 is 60.2 Å². The monoisotopic (exact) mass is 528 g/mol. The van der Waals surface area contributed by atoms with Gasteiger partial charge in [0.2, 0.25) is 17.7 Å². The normalized spacial score (nSPS) is 14.1. The summed E-state index contributed by atoms with van der Waals surface area (Å²) >= 11 is 5.32. The molecule has 0 aliphatic rings. The second-order valence-electron chi connectivity index (χ2n) is 7.71. The summed E-state index contributed by atoms with van der Waals surface area (Å²) in [6.45, 7) is 0. The van der Waals surface area contributed by atoms with Crippen LogP contribution in [0.2, 0.25) is 0 Å². The molecule has 1 aromatic rings. The number of carboxylic acids is 2. The van der Waals surface area contributed by atoms with Crippen molar-refractivity contribution >= 4 is 54.1 Å². The van der Waals surface area contributed by atoms with Crippen molar-refractivity contribution < 1.29 is 34.2 Å². The Bertz CT molecular complexity index is 873. The van der Waals surface area contributed by atoms with E-state index in [1.165, 1.54) is 11.8 Å². The maximum absolute atomic E-state index is 13.0. The van der Waals surface area contributed by atoms with Crippen molar-refractivity contribution in [2.45, 2.75) is 49.9 Å². The van der Waals surface area contributed by atoms with Gasteiger partial charge in [-0.1, -0.05) is 30.3 Å². The van der Waals surface area contributed by atoms with Crippen LogP contribution in [0.15, 0.2) is 30.3 Å². The summed E-state index contributed by atoms with van der Waals surface area (Å²) in [5.41, 5.74) is 6.86. The van der Waals surface area contributed by atoms with Crippen molar-refractivity contribution in [1.82, 2.24) is 16.0 Å². The number of nitrogens with two attached hydrogens (primary N) is 1. The molecule has 0 aliphatic carbocycles. The summed E-state index contributed by atoms with van der Waals surface area (Å²) in [7, 11) is 0. The van der Waals surface area contributed by atoms with Gasteiger partial charge in [-0.15, -0.1) is 0 Å². The number of thiol groups is 1. The number of carboxylic acid groups (broad SMARTS) is 2. The topological polar surface area (TPSA) is 188 Å². The van der Waals surface area contributed by atoms with E-state index in [2.05, 4.69) is 28.6 Å². The second-order valence-corrected chi connectivity index (χ2v) is 9.07. The highest BCUT2D eigenvalue weighted by Crippen LogP contribution is 2.07. The van der Waals surface area contributed by atoms with Crippen LogP contribution in [-0.2, 0) is 30.4 Å². The minimum absolute atomic E-state index is 0.202. The molecule has 1 rings (SSSR count). The molecule has 11 nitrogen and oxygen atoms in total. The van der Waals surface area contributed by atoms with Crippen LogP contribution in [0.4, 0.5) is 0 Å².